The summed E-state index contributed by atoms with van der Waals surface area (Å²) in [5.74, 6) is 0.0867. The van der Waals surface area contributed by atoms with Gasteiger partial charge in [0.15, 0.2) is 16.4 Å². The van der Waals surface area contributed by atoms with E-state index in [1.165, 1.54) is 0 Å². The molecule has 1 amide bonds. The minimum Gasteiger partial charge on any atom is -0.333 e. The second kappa shape index (κ2) is 8.42. The molecule has 0 unspecified atom stereocenters. The molecule has 0 aromatic heterocycles. The van der Waals surface area contributed by atoms with Gasteiger partial charge in [-0.2, -0.15) is 0 Å². The number of quaternary nitrogens is 1. The molecule has 0 aliphatic carbocycles. The highest BCUT2D eigenvalue weighted by Gasteiger charge is 2.36. The number of amides is 1. The van der Waals surface area contributed by atoms with Crippen LogP contribution in [0.15, 0.2) is 54.6 Å². The minimum absolute atomic E-state index is 0.0281. The lowest BCUT2D eigenvalue weighted by molar-refractivity contribution is -0.682. The summed E-state index contributed by atoms with van der Waals surface area (Å²) in [7, 11) is -3.08. The van der Waals surface area contributed by atoms with Crippen molar-refractivity contribution in [2.24, 2.45) is 0 Å². The third-order valence-electron chi connectivity index (χ3n) is 4.92. The second-order valence-electron chi connectivity index (χ2n) is 6.94. The Labute approximate surface area is 165 Å². The Bertz CT molecular complexity index is 885. The molecule has 2 atom stereocenters. The fourth-order valence-corrected chi connectivity index (χ4v) is 5.23. The van der Waals surface area contributed by atoms with Crippen LogP contribution in [-0.4, -0.2) is 38.4 Å². The summed E-state index contributed by atoms with van der Waals surface area (Å²) in [5, 5.41) is 2.64. The number of nitrogens with two attached hydrogens (primary N) is 1. The van der Waals surface area contributed by atoms with Crippen molar-refractivity contribution in [3.8, 4) is 0 Å². The van der Waals surface area contributed by atoms with Crippen molar-refractivity contribution in [1.82, 2.24) is 0 Å². The molecule has 1 fully saturated rings. The molecule has 1 heterocycles. The Balaban J connectivity index is 1.72. The van der Waals surface area contributed by atoms with Crippen molar-refractivity contribution >= 4 is 33.0 Å². The number of nitrogens with zero attached hydrogens (tertiary/aromatic N) is 1. The van der Waals surface area contributed by atoms with Crippen molar-refractivity contribution in [2.75, 3.05) is 23.0 Å². The topological polar surface area (TPSA) is 71.1 Å². The van der Waals surface area contributed by atoms with Crippen LogP contribution in [0.1, 0.15) is 24.9 Å². The van der Waals surface area contributed by atoms with E-state index >= 15 is 0 Å². The van der Waals surface area contributed by atoms with E-state index in [2.05, 4.69) is 0 Å². The van der Waals surface area contributed by atoms with E-state index in [0.29, 0.717) is 11.4 Å². The van der Waals surface area contributed by atoms with Gasteiger partial charge in [-0.05, 0) is 37.6 Å². The van der Waals surface area contributed by atoms with Crippen LogP contribution in [0.2, 0.25) is 5.02 Å². The van der Waals surface area contributed by atoms with Crippen LogP contribution in [0.4, 0.5) is 5.69 Å². The largest absolute Gasteiger partial charge is 0.333 e. The molecule has 5 nitrogen and oxygen atoms in total. The highest BCUT2D eigenvalue weighted by molar-refractivity contribution is 7.91. The average molecular weight is 408 g/mol. The fourth-order valence-electron chi connectivity index (χ4n) is 3.40. The summed E-state index contributed by atoms with van der Waals surface area (Å²) in [6.45, 7) is 2.28. The standard InChI is InChI=1S/C20H23ClN2O3S/c1-15(16-7-9-17(21)10-8-16)22-13-20(24)23(18-5-3-2-4-6-18)19-11-12-27(25,26)14-19/h2-10,15,19,22H,11-14H2,1H3/p+1/t15-,19+/m1/s1. The lowest BCUT2D eigenvalue weighted by Gasteiger charge is -2.28. The van der Waals surface area contributed by atoms with Crippen molar-refractivity contribution in [3.63, 3.8) is 0 Å². The van der Waals surface area contributed by atoms with Crippen LogP contribution in [-0.2, 0) is 14.6 Å². The number of hydrogen-bond acceptors (Lipinski definition) is 3. The summed E-state index contributed by atoms with van der Waals surface area (Å²) < 4.78 is 23.8. The molecule has 1 saturated heterocycles. The number of carbonyl (C=O) groups is 1. The normalized spacial score (nSPS) is 19.6. The maximum Gasteiger partial charge on any atom is 0.282 e. The van der Waals surface area contributed by atoms with Crippen molar-refractivity contribution in [3.05, 3.63) is 65.2 Å². The predicted octanol–water partition coefficient (Wildman–Crippen LogP) is 2.18. The Hall–Kier alpha value is -1.89. The zero-order valence-electron chi connectivity index (χ0n) is 15.2. The van der Waals surface area contributed by atoms with Crippen molar-refractivity contribution < 1.29 is 18.5 Å². The Morgan fingerprint density at radius 3 is 2.44 bits per heavy atom. The van der Waals surface area contributed by atoms with E-state index in [1.807, 2.05) is 66.8 Å². The summed E-state index contributed by atoms with van der Waals surface area (Å²) in [6.07, 6.45) is 0.482. The number of halogens is 1. The molecule has 1 aliphatic heterocycles. The van der Waals surface area contributed by atoms with Crippen molar-refractivity contribution in [2.45, 2.75) is 25.4 Å². The lowest BCUT2D eigenvalue weighted by Crippen LogP contribution is -2.87. The molecule has 27 heavy (non-hydrogen) atoms. The first-order chi connectivity index (χ1) is 12.9. The first-order valence-corrected chi connectivity index (χ1v) is 11.2. The molecule has 1 aliphatic rings. The summed E-state index contributed by atoms with van der Waals surface area (Å²) >= 11 is 5.93. The fraction of sp³-hybridized carbons (Fsp3) is 0.350. The predicted molar refractivity (Wildman–Crippen MR) is 108 cm³/mol. The van der Waals surface area contributed by atoms with Gasteiger partial charge in [-0.3, -0.25) is 4.79 Å². The molecule has 0 radical (unpaired) electrons. The molecule has 2 N–H and O–H groups in total. The summed E-state index contributed by atoms with van der Waals surface area (Å²) in [5.41, 5.74) is 1.83. The maximum absolute atomic E-state index is 13.0. The van der Waals surface area contributed by atoms with Gasteiger partial charge in [0.1, 0.15) is 6.04 Å². The van der Waals surface area contributed by atoms with Gasteiger partial charge >= 0.3 is 0 Å². The highest BCUT2D eigenvalue weighted by atomic mass is 35.5. The zero-order valence-corrected chi connectivity index (χ0v) is 16.8. The van der Waals surface area contributed by atoms with Crippen LogP contribution in [0, 0.1) is 0 Å². The van der Waals surface area contributed by atoms with E-state index in [9.17, 15) is 13.2 Å². The van der Waals surface area contributed by atoms with Gasteiger partial charge in [0.25, 0.3) is 5.91 Å². The van der Waals surface area contributed by atoms with Gasteiger partial charge in [-0.1, -0.05) is 41.9 Å². The molecule has 0 bridgehead atoms. The number of rotatable bonds is 6. The smallest absolute Gasteiger partial charge is 0.282 e. The van der Waals surface area contributed by atoms with Crippen LogP contribution in [0.3, 0.4) is 0 Å². The third kappa shape index (κ3) is 5.09. The van der Waals surface area contributed by atoms with Crippen LogP contribution >= 0.6 is 11.6 Å². The molecule has 0 spiro atoms. The van der Waals surface area contributed by atoms with Gasteiger partial charge in [0.05, 0.1) is 17.5 Å². The Kier molecular flexibility index (Phi) is 6.19. The van der Waals surface area contributed by atoms with Gasteiger partial charge in [0.2, 0.25) is 0 Å². The molecular formula is C20H24ClN2O3S+. The molecular weight excluding hydrogens is 384 g/mol. The van der Waals surface area contributed by atoms with Gasteiger partial charge in [-0.25, -0.2) is 8.42 Å². The number of carbonyl (C=O) groups excluding carboxylic acids is 1. The van der Waals surface area contributed by atoms with E-state index in [1.54, 1.807) is 4.90 Å². The van der Waals surface area contributed by atoms with E-state index < -0.39 is 9.84 Å². The number of benzene rings is 2. The molecule has 7 heteroatoms. The van der Waals surface area contributed by atoms with Crippen LogP contribution in [0.5, 0.6) is 0 Å². The number of sulfone groups is 1. The monoisotopic (exact) mass is 407 g/mol. The number of hydrogen-bond donors (Lipinski definition) is 1. The third-order valence-corrected chi connectivity index (χ3v) is 6.92. The first kappa shape index (κ1) is 19.9. The SMILES string of the molecule is C[C@@H]([NH2+]CC(=O)N(c1ccccc1)[C@H]1CCS(=O)(=O)C1)c1ccc(Cl)cc1. The van der Waals surface area contributed by atoms with Gasteiger partial charge in [0, 0.05) is 16.3 Å². The average Bonchev–Trinajstić information content (AvgIpc) is 3.00. The first-order valence-electron chi connectivity index (χ1n) is 9.02. The van der Waals surface area contributed by atoms with E-state index in [-0.39, 0.29) is 36.0 Å². The molecule has 3 rings (SSSR count). The molecule has 2 aromatic carbocycles. The Morgan fingerprint density at radius 2 is 1.85 bits per heavy atom. The number of para-hydroxylation sites is 1. The molecule has 144 valence electrons. The molecule has 0 saturated carbocycles. The second-order valence-corrected chi connectivity index (χ2v) is 9.60. The van der Waals surface area contributed by atoms with Crippen LogP contribution < -0.4 is 10.2 Å². The molecule has 2 aromatic rings. The van der Waals surface area contributed by atoms with Crippen LogP contribution in [0.25, 0.3) is 0 Å². The lowest BCUT2D eigenvalue weighted by atomic mass is 10.1. The summed E-state index contributed by atoms with van der Waals surface area (Å²) in [6, 6.07) is 16.7. The summed E-state index contributed by atoms with van der Waals surface area (Å²) in [4.78, 5) is 14.7. The maximum atomic E-state index is 13.0. The van der Waals surface area contributed by atoms with E-state index in [4.69, 9.17) is 11.6 Å². The Morgan fingerprint density at radius 1 is 1.19 bits per heavy atom. The van der Waals surface area contributed by atoms with Gasteiger partial charge < -0.3 is 10.2 Å². The van der Waals surface area contributed by atoms with Gasteiger partial charge in [-0.15, -0.1) is 0 Å². The van der Waals surface area contributed by atoms with Crippen molar-refractivity contribution in [1.29, 1.82) is 0 Å². The zero-order chi connectivity index (χ0) is 19.4. The minimum atomic E-state index is -3.08. The van der Waals surface area contributed by atoms with E-state index in [0.717, 1.165) is 11.3 Å². The highest BCUT2D eigenvalue weighted by Crippen LogP contribution is 2.24. The quantitative estimate of drug-likeness (QED) is 0.797. The number of anilines is 1.